The van der Waals surface area contributed by atoms with Gasteiger partial charge in [-0.3, -0.25) is 4.79 Å². The lowest BCUT2D eigenvalue weighted by Gasteiger charge is -2.26. The van der Waals surface area contributed by atoms with E-state index in [1.54, 1.807) is 34.7 Å². The zero-order chi connectivity index (χ0) is 21.7. The van der Waals surface area contributed by atoms with Crippen LogP contribution in [-0.4, -0.2) is 59.5 Å². The number of nitrogens with zero attached hydrogens (tertiary/aromatic N) is 3. The van der Waals surface area contributed by atoms with Crippen molar-refractivity contribution in [3.8, 4) is 0 Å². The van der Waals surface area contributed by atoms with E-state index in [1.165, 1.54) is 12.2 Å². The first-order valence-corrected chi connectivity index (χ1v) is 10.4. The summed E-state index contributed by atoms with van der Waals surface area (Å²) in [6.45, 7) is 3.70. The van der Waals surface area contributed by atoms with Crippen LogP contribution in [0.15, 0.2) is 24.3 Å². The van der Waals surface area contributed by atoms with Crippen LogP contribution in [-0.2, 0) is 25.6 Å². The molecule has 1 amide bonds. The van der Waals surface area contributed by atoms with E-state index in [4.69, 9.17) is 44.3 Å². The van der Waals surface area contributed by atoms with Crippen molar-refractivity contribution in [1.82, 2.24) is 14.7 Å². The van der Waals surface area contributed by atoms with Gasteiger partial charge in [0.15, 0.2) is 6.61 Å². The summed E-state index contributed by atoms with van der Waals surface area (Å²) in [6, 6.07) is 5.23. The summed E-state index contributed by atoms with van der Waals surface area (Å²) in [4.78, 5) is 25.6. The van der Waals surface area contributed by atoms with Crippen LogP contribution in [0, 0.1) is 6.92 Å². The smallest absolute Gasteiger partial charge is 0.331 e. The number of hydrogen-bond acceptors (Lipinski definition) is 5. The van der Waals surface area contributed by atoms with Gasteiger partial charge in [0, 0.05) is 40.3 Å². The van der Waals surface area contributed by atoms with Crippen LogP contribution < -0.4 is 0 Å². The predicted octanol–water partition coefficient (Wildman–Crippen LogP) is 3.62. The highest BCUT2D eigenvalue weighted by Crippen LogP contribution is 2.28. The number of aromatic nitrogens is 2. The zero-order valence-corrected chi connectivity index (χ0v) is 18.5. The molecule has 1 saturated heterocycles. The number of esters is 1. The maximum absolute atomic E-state index is 12.0. The summed E-state index contributed by atoms with van der Waals surface area (Å²) < 4.78 is 11.8. The second-order valence-corrected chi connectivity index (χ2v) is 7.75. The van der Waals surface area contributed by atoms with Crippen molar-refractivity contribution in [3.05, 3.63) is 56.3 Å². The third kappa shape index (κ3) is 5.55. The van der Waals surface area contributed by atoms with Crippen molar-refractivity contribution < 1.29 is 19.1 Å². The van der Waals surface area contributed by atoms with Gasteiger partial charge in [-0.05, 0) is 25.1 Å². The van der Waals surface area contributed by atoms with Crippen LogP contribution in [0.4, 0.5) is 0 Å². The number of carbonyl (C=O) groups excluding carboxylic acids is 2. The molecule has 0 bridgehead atoms. The number of halogens is 3. The average molecular weight is 473 g/mol. The standard InChI is InChI=1S/C20H20Cl3N3O4/c1-13-14(5-6-19(28)30-12-18(27)25-7-9-29-10-8-25)20(23)26(24-13)11-15-16(21)3-2-4-17(15)22/h2-6H,7-12H2,1H3. The molecular weight excluding hydrogens is 453 g/mol. The van der Waals surface area contributed by atoms with Crippen LogP contribution in [0.5, 0.6) is 0 Å². The van der Waals surface area contributed by atoms with Gasteiger partial charge in [0.05, 0.1) is 25.5 Å². The van der Waals surface area contributed by atoms with E-state index in [0.29, 0.717) is 58.3 Å². The molecule has 2 heterocycles. The Hall–Kier alpha value is -2.06. The fraction of sp³-hybridized carbons (Fsp3) is 0.350. The molecule has 30 heavy (non-hydrogen) atoms. The highest BCUT2D eigenvalue weighted by atomic mass is 35.5. The maximum Gasteiger partial charge on any atom is 0.331 e. The zero-order valence-electron chi connectivity index (χ0n) is 16.2. The fourth-order valence-electron chi connectivity index (χ4n) is 2.93. The number of benzene rings is 1. The van der Waals surface area contributed by atoms with Crippen molar-refractivity contribution in [3.63, 3.8) is 0 Å². The SMILES string of the molecule is Cc1nn(Cc2c(Cl)cccc2Cl)c(Cl)c1C=CC(=O)OCC(=O)N1CCOCC1. The second-order valence-electron chi connectivity index (χ2n) is 6.58. The van der Waals surface area contributed by atoms with Crippen molar-refractivity contribution in [2.45, 2.75) is 13.5 Å². The van der Waals surface area contributed by atoms with E-state index in [2.05, 4.69) is 5.10 Å². The largest absolute Gasteiger partial charge is 0.452 e. The molecule has 10 heteroatoms. The van der Waals surface area contributed by atoms with Gasteiger partial charge < -0.3 is 14.4 Å². The van der Waals surface area contributed by atoms with E-state index in [1.807, 2.05) is 0 Å². The van der Waals surface area contributed by atoms with Crippen LogP contribution in [0.2, 0.25) is 15.2 Å². The molecule has 0 saturated carbocycles. The van der Waals surface area contributed by atoms with E-state index in [-0.39, 0.29) is 19.1 Å². The number of ether oxygens (including phenoxy) is 2. The Morgan fingerprint density at radius 1 is 1.20 bits per heavy atom. The Morgan fingerprint density at radius 2 is 1.87 bits per heavy atom. The molecule has 0 atom stereocenters. The topological polar surface area (TPSA) is 73.7 Å². The Bertz CT molecular complexity index is 948. The number of aryl methyl sites for hydroxylation is 1. The molecule has 160 valence electrons. The molecule has 1 aliphatic heterocycles. The molecule has 0 unspecified atom stereocenters. The number of rotatable bonds is 6. The minimum absolute atomic E-state index is 0.251. The van der Waals surface area contributed by atoms with Crippen molar-refractivity contribution in [1.29, 1.82) is 0 Å². The second kappa shape index (κ2) is 10.3. The van der Waals surface area contributed by atoms with Gasteiger partial charge in [0.25, 0.3) is 5.91 Å². The summed E-state index contributed by atoms with van der Waals surface area (Å²) in [5.41, 5.74) is 1.88. The Labute approximate surface area is 189 Å². The third-order valence-electron chi connectivity index (χ3n) is 4.57. The summed E-state index contributed by atoms with van der Waals surface area (Å²) in [5, 5.41) is 5.75. The van der Waals surface area contributed by atoms with E-state index in [0.717, 1.165) is 0 Å². The van der Waals surface area contributed by atoms with Crippen LogP contribution in [0.3, 0.4) is 0 Å². The Balaban J connectivity index is 1.62. The lowest BCUT2D eigenvalue weighted by molar-refractivity contribution is -0.150. The quantitative estimate of drug-likeness (QED) is 0.474. The van der Waals surface area contributed by atoms with Gasteiger partial charge in [-0.15, -0.1) is 0 Å². The molecule has 2 aromatic rings. The maximum atomic E-state index is 12.0. The van der Waals surface area contributed by atoms with E-state index < -0.39 is 5.97 Å². The Kier molecular flexibility index (Phi) is 7.77. The molecule has 1 aromatic heterocycles. The number of amides is 1. The van der Waals surface area contributed by atoms with Crippen molar-refractivity contribution in [2.75, 3.05) is 32.9 Å². The predicted molar refractivity (Wildman–Crippen MR) is 115 cm³/mol. The molecule has 0 radical (unpaired) electrons. The fourth-order valence-corrected chi connectivity index (χ4v) is 3.75. The van der Waals surface area contributed by atoms with Gasteiger partial charge in [-0.2, -0.15) is 5.10 Å². The lowest BCUT2D eigenvalue weighted by atomic mass is 10.2. The highest BCUT2D eigenvalue weighted by Gasteiger charge is 2.18. The molecule has 3 rings (SSSR count). The highest BCUT2D eigenvalue weighted by molar-refractivity contribution is 6.36. The van der Waals surface area contributed by atoms with Crippen LogP contribution >= 0.6 is 34.8 Å². The van der Waals surface area contributed by atoms with Gasteiger partial charge in [-0.25, -0.2) is 9.48 Å². The first-order chi connectivity index (χ1) is 14.4. The van der Waals surface area contributed by atoms with Crippen LogP contribution in [0.1, 0.15) is 16.8 Å². The minimum Gasteiger partial charge on any atom is -0.452 e. The molecule has 1 aromatic carbocycles. The summed E-state index contributed by atoms with van der Waals surface area (Å²) in [7, 11) is 0. The van der Waals surface area contributed by atoms with E-state index in [9.17, 15) is 9.59 Å². The van der Waals surface area contributed by atoms with Gasteiger partial charge in [-0.1, -0.05) is 40.9 Å². The molecule has 1 aliphatic rings. The molecule has 7 nitrogen and oxygen atoms in total. The lowest BCUT2D eigenvalue weighted by Crippen LogP contribution is -2.42. The van der Waals surface area contributed by atoms with Gasteiger partial charge in [0.1, 0.15) is 5.15 Å². The van der Waals surface area contributed by atoms with Gasteiger partial charge >= 0.3 is 5.97 Å². The average Bonchev–Trinajstić information content (AvgIpc) is 3.00. The monoisotopic (exact) mass is 471 g/mol. The summed E-state index contributed by atoms with van der Waals surface area (Å²) in [6.07, 6.45) is 2.73. The van der Waals surface area contributed by atoms with Crippen molar-refractivity contribution in [2.24, 2.45) is 0 Å². The third-order valence-corrected chi connectivity index (χ3v) is 5.67. The minimum atomic E-state index is -0.644. The molecule has 0 N–H and O–H groups in total. The first-order valence-electron chi connectivity index (χ1n) is 9.23. The molecule has 1 fully saturated rings. The number of morpholine rings is 1. The van der Waals surface area contributed by atoms with Crippen molar-refractivity contribution >= 4 is 52.8 Å². The molecule has 0 spiro atoms. The number of hydrogen-bond donors (Lipinski definition) is 0. The number of carbonyl (C=O) groups is 2. The summed E-state index contributed by atoms with van der Waals surface area (Å²) in [5.74, 6) is -0.896. The van der Waals surface area contributed by atoms with Gasteiger partial charge in [0.2, 0.25) is 0 Å². The van der Waals surface area contributed by atoms with Crippen LogP contribution in [0.25, 0.3) is 6.08 Å². The summed E-state index contributed by atoms with van der Waals surface area (Å²) >= 11 is 18.9. The molecular formula is C20H20Cl3N3O4. The Morgan fingerprint density at radius 3 is 2.53 bits per heavy atom. The van der Waals surface area contributed by atoms with E-state index >= 15 is 0 Å². The molecule has 0 aliphatic carbocycles. The first kappa shape index (κ1) is 22.6. The normalized spacial score (nSPS) is 14.3.